The Hall–Kier alpha value is -2.22. The average Bonchev–Trinajstić information content (AvgIpc) is 2.57. The van der Waals surface area contributed by atoms with E-state index in [-0.39, 0.29) is 31.3 Å². The molecule has 0 amide bonds. The Morgan fingerprint density at radius 1 is 0.960 bits per heavy atom. The number of nitrogens with zero attached hydrogens (tertiary/aromatic N) is 2. The van der Waals surface area contributed by atoms with Crippen LogP contribution in [-0.4, -0.2) is 8.42 Å². The van der Waals surface area contributed by atoms with Gasteiger partial charge in [0.1, 0.15) is 28.4 Å². The predicted molar refractivity (Wildman–Crippen MR) is 94.9 cm³/mol. The van der Waals surface area contributed by atoms with Crippen LogP contribution in [0.4, 0.5) is 0 Å². The molecule has 0 aliphatic carbocycles. The van der Waals surface area contributed by atoms with Crippen molar-refractivity contribution in [1.82, 2.24) is 0 Å². The van der Waals surface area contributed by atoms with Gasteiger partial charge in [-0.3, -0.25) is 0 Å². The second-order valence-corrected chi connectivity index (χ2v) is 7.32. The first-order valence-corrected chi connectivity index (χ1v) is 9.02. The molecule has 0 fully saturated rings. The standard InChI is InChI=1S/C16H7Cl3N2O3S/c17-13-6-15(19)16(7-14(13)18)25(22,23)24-12-3-1-10(2-4-12)5-11(8-20)9-21/h1-7H. The molecule has 0 radical (unpaired) electrons. The van der Waals surface area contributed by atoms with E-state index in [2.05, 4.69) is 0 Å². The first kappa shape index (κ1) is 19.1. The maximum absolute atomic E-state index is 12.3. The SMILES string of the molecule is N#CC(C#N)=Cc1ccc(OS(=O)(=O)c2cc(Cl)c(Cl)cc2Cl)cc1. The highest BCUT2D eigenvalue weighted by atomic mass is 35.5. The van der Waals surface area contributed by atoms with Crippen LogP contribution in [0.25, 0.3) is 6.08 Å². The van der Waals surface area contributed by atoms with E-state index in [0.717, 1.165) is 6.07 Å². The van der Waals surface area contributed by atoms with Crippen molar-refractivity contribution in [3.05, 3.63) is 62.6 Å². The van der Waals surface area contributed by atoms with Crippen LogP contribution in [0.15, 0.2) is 46.9 Å². The van der Waals surface area contributed by atoms with E-state index in [9.17, 15) is 8.42 Å². The minimum atomic E-state index is -4.22. The third kappa shape index (κ3) is 4.66. The smallest absolute Gasteiger partial charge is 0.340 e. The number of hydrogen-bond donors (Lipinski definition) is 0. The summed E-state index contributed by atoms with van der Waals surface area (Å²) in [4.78, 5) is -0.316. The Morgan fingerprint density at radius 2 is 1.52 bits per heavy atom. The molecular weight excluding hydrogens is 407 g/mol. The van der Waals surface area contributed by atoms with E-state index in [1.807, 2.05) is 0 Å². The molecule has 5 nitrogen and oxygen atoms in total. The molecule has 0 saturated carbocycles. The third-order valence-electron chi connectivity index (χ3n) is 2.88. The third-order valence-corrected chi connectivity index (χ3v) is 5.32. The minimum absolute atomic E-state index is 0.0225. The van der Waals surface area contributed by atoms with Crippen LogP contribution in [0.5, 0.6) is 5.75 Å². The molecule has 0 aliphatic rings. The molecule has 0 unspecified atom stereocenters. The molecule has 2 aromatic carbocycles. The van der Waals surface area contributed by atoms with Crippen LogP contribution in [0.2, 0.25) is 15.1 Å². The number of nitriles is 2. The fraction of sp³-hybridized carbons (Fsp3) is 0. The quantitative estimate of drug-likeness (QED) is 0.406. The Labute approximate surface area is 159 Å². The van der Waals surface area contributed by atoms with Crippen LogP contribution in [0.3, 0.4) is 0 Å². The van der Waals surface area contributed by atoms with Gasteiger partial charge in [0.05, 0.1) is 15.1 Å². The van der Waals surface area contributed by atoms with Gasteiger partial charge >= 0.3 is 10.1 Å². The van der Waals surface area contributed by atoms with Gasteiger partial charge in [0.25, 0.3) is 0 Å². The van der Waals surface area contributed by atoms with Gasteiger partial charge in [-0.15, -0.1) is 0 Å². The molecule has 126 valence electrons. The van der Waals surface area contributed by atoms with Gasteiger partial charge in [0.15, 0.2) is 0 Å². The number of benzene rings is 2. The minimum Gasteiger partial charge on any atom is -0.379 e. The van der Waals surface area contributed by atoms with Gasteiger partial charge in [-0.05, 0) is 35.9 Å². The first-order valence-electron chi connectivity index (χ1n) is 6.48. The molecule has 0 N–H and O–H groups in total. The van der Waals surface area contributed by atoms with Crippen LogP contribution in [0, 0.1) is 22.7 Å². The monoisotopic (exact) mass is 412 g/mol. The second-order valence-electron chi connectivity index (χ2n) is 4.58. The van der Waals surface area contributed by atoms with E-state index in [1.165, 1.54) is 36.4 Å². The average molecular weight is 414 g/mol. The normalized spacial score (nSPS) is 10.4. The maximum Gasteiger partial charge on any atom is 0.340 e. The molecule has 0 spiro atoms. The molecule has 2 aromatic rings. The van der Waals surface area contributed by atoms with Crippen LogP contribution in [0.1, 0.15) is 5.56 Å². The summed E-state index contributed by atoms with van der Waals surface area (Å²) in [6.45, 7) is 0. The highest BCUT2D eigenvalue weighted by molar-refractivity contribution is 7.87. The molecule has 0 heterocycles. The maximum atomic E-state index is 12.3. The summed E-state index contributed by atoms with van der Waals surface area (Å²) in [6, 6.07) is 11.5. The van der Waals surface area contributed by atoms with E-state index < -0.39 is 10.1 Å². The summed E-state index contributed by atoms with van der Waals surface area (Å²) < 4.78 is 29.7. The van der Waals surface area contributed by atoms with E-state index in [0.29, 0.717) is 5.56 Å². The van der Waals surface area contributed by atoms with Gasteiger partial charge < -0.3 is 4.18 Å². The summed E-state index contributed by atoms with van der Waals surface area (Å²) in [7, 11) is -4.22. The molecule has 0 atom stereocenters. The Balaban J connectivity index is 2.31. The lowest BCUT2D eigenvalue weighted by molar-refractivity contribution is 0.486. The highest BCUT2D eigenvalue weighted by Gasteiger charge is 2.22. The van der Waals surface area contributed by atoms with Crippen molar-refractivity contribution in [1.29, 1.82) is 10.5 Å². The van der Waals surface area contributed by atoms with Gasteiger partial charge in [-0.2, -0.15) is 18.9 Å². The van der Waals surface area contributed by atoms with Gasteiger partial charge in [0, 0.05) is 0 Å². The summed E-state index contributed by atoms with van der Waals surface area (Å²) in [5, 5.41) is 17.4. The zero-order valence-electron chi connectivity index (χ0n) is 12.2. The Kier molecular flexibility index (Phi) is 5.94. The summed E-state index contributed by atoms with van der Waals surface area (Å²) >= 11 is 17.5. The highest BCUT2D eigenvalue weighted by Crippen LogP contribution is 2.33. The Bertz CT molecular complexity index is 1020. The van der Waals surface area contributed by atoms with E-state index >= 15 is 0 Å². The zero-order valence-corrected chi connectivity index (χ0v) is 15.3. The van der Waals surface area contributed by atoms with E-state index in [1.54, 1.807) is 12.1 Å². The zero-order chi connectivity index (χ0) is 18.6. The van der Waals surface area contributed by atoms with Gasteiger partial charge in [-0.1, -0.05) is 46.9 Å². The number of halogens is 3. The second kappa shape index (κ2) is 7.77. The lowest BCUT2D eigenvalue weighted by atomic mass is 10.1. The summed E-state index contributed by atoms with van der Waals surface area (Å²) in [5.41, 5.74) is 0.458. The molecule has 0 aromatic heterocycles. The van der Waals surface area contributed by atoms with Crippen molar-refractivity contribution in [2.24, 2.45) is 0 Å². The topological polar surface area (TPSA) is 90.9 Å². The van der Waals surface area contributed by atoms with Crippen molar-refractivity contribution in [2.45, 2.75) is 4.90 Å². The van der Waals surface area contributed by atoms with Crippen molar-refractivity contribution in [3.63, 3.8) is 0 Å². The van der Waals surface area contributed by atoms with Gasteiger partial charge in [0.2, 0.25) is 0 Å². The lowest BCUT2D eigenvalue weighted by Crippen LogP contribution is -2.10. The lowest BCUT2D eigenvalue weighted by Gasteiger charge is -2.09. The summed E-state index contributed by atoms with van der Waals surface area (Å²) in [5.74, 6) is 0.0229. The molecule has 0 bridgehead atoms. The molecule has 0 aliphatic heterocycles. The molecule has 9 heteroatoms. The first-order chi connectivity index (χ1) is 11.8. The Morgan fingerprint density at radius 3 is 2.08 bits per heavy atom. The van der Waals surface area contributed by atoms with Gasteiger partial charge in [-0.25, -0.2) is 0 Å². The predicted octanol–water partition coefficient (Wildman–Crippen LogP) is 4.85. The van der Waals surface area contributed by atoms with Crippen molar-refractivity contribution < 1.29 is 12.6 Å². The van der Waals surface area contributed by atoms with E-state index in [4.69, 9.17) is 49.5 Å². The number of rotatable bonds is 4. The largest absolute Gasteiger partial charge is 0.379 e. The number of hydrogen-bond acceptors (Lipinski definition) is 5. The molecule has 25 heavy (non-hydrogen) atoms. The van der Waals surface area contributed by atoms with Crippen LogP contribution in [-0.2, 0) is 10.1 Å². The van der Waals surface area contributed by atoms with Crippen molar-refractivity contribution in [3.8, 4) is 17.9 Å². The number of allylic oxidation sites excluding steroid dienone is 1. The molecule has 2 rings (SSSR count). The van der Waals surface area contributed by atoms with Crippen molar-refractivity contribution >= 4 is 51.0 Å². The van der Waals surface area contributed by atoms with Crippen LogP contribution >= 0.6 is 34.8 Å². The molecule has 0 saturated heterocycles. The molecular formula is C16H7Cl3N2O3S. The summed E-state index contributed by atoms with van der Waals surface area (Å²) in [6.07, 6.45) is 1.36. The fourth-order valence-electron chi connectivity index (χ4n) is 1.74. The van der Waals surface area contributed by atoms with Crippen LogP contribution < -0.4 is 4.18 Å². The van der Waals surface area contributed by atoms with Crippen molar-refractivity contribution in [2.75, 3.05) is 0 Å². The fourth-order valence-corrected chi connectivity index (χ4v) is 3.65.